The molecule has 0 unspecified atom stereocenters. The molecule has 1 heterocycles. The third kappa shape index (κ3) is 4.87. The molecule has 3 rings (SSSR count). The highest BCUT2D eigenvalue weighted by molar-refractivity contribution is 6.00. The number of nitrogens with one attached hydrogen (secondary N) is 2. The molecule has 0 saturated heterocycles. The minimum absolute atomic E-state index is 0.0771. The van der Waals surface area contributed by atoms with Crippen LogP contribution in [-0.4, -0.2) is 43.7 Å². The lowest BCUT2D eigenvalue weighted by molar-refractivity contribution is -0.120. The van der Waals surface area contributed by atoms with Crippen LogP contribution in [0.1, 0.15) is 16.1 Å². The molecule has 0 aliphatic carbocycles. The number of ether oxygens (including phenoxy) is 2. The summed E-state index contributed by atoms with van der Waals surface area (Å²) >= 11 is 0. The van der Waals surface area contributed by atoms with Crippen molar-refractivity contribution in [2.75, 3.05) is 27.3 Å². The number of aromatic nitrogens is 1. The van der Waals surface area contributed by atoms with E-state index in [2.05, 4.69) is 10.6 Å². The molecule has 29 heavy (non-hydrogen) atoms. The molecule has 7 heteroatoms. The Bertz CT molecular complexity index is 1010. The van der Waals surface area contributed by atoms with E-state index in [9.17, 15) is 9.59 Å². The minimum Gasteiger partial charge on any atom is -0.497 e. The molecule has 2 N–H and O–H groups in total. The van der Waals surface area contributed by atoms with E-state index < -0.39 is 0 Å². The first-order chi connectivity index (χ1) is 14.0. The van der Waals surface area contributed by atoms with E-state index in [0.717, 1.165) is 28.0 Å². The zero-order valence-electron chi connectivity index (χ0n) is 16.8. The Balaban J connectivity index is 1.50. The van der Waals surface area contributed by atoms with Gasteiger partial charge in [-0.3, -0.25) is 9.59 Å². The predicted molar refractivity (Wildman–Crippen MR) is 112 cm³/mol. The van der Waals surface area contributed by atoms with Gasteiger partial charge in [-0.25, -0.2) is 0 Å². The topological polar surface area (TPSA) is 81.6 Å². The summed E-state index contributed by atoms with van der Waals surface area (Å²) in [5.41, 5.74) is 2.50. The highest BCUT2D eigenvalue weighted by Crippen LogP contribution is 2.23. The number of aryl methyl sites for hydroxylation is 1. The van der Waals surface area contributed by atoms with E-state index in [4.69, 9.17) is 9.47 Å². The van der Waals surface area contributed by atoms with Crippen LogP contribution in [0.3, 0.4) is 0 Å². The molecule has 0 aliphatic heterocycles. The monoisotopic (exact) mass is 395 g/mol. The van der Waals surface area contributed by atoms with E-state index in [1.807, 2.05) is 49.5 Å². The SMILES string of the molecule is COc1ccc(CCNC(=O)CNC(=O)c2cc3cc(OC)ccc3n2C)cc1. The number of benzene rings is 2. The molecule has 0 aliphatic rings. The Labute approximate surface area is 169 Å². The van der Waals surface area contributed by atoms with Crippen molar-refractivity contribution in [3.05, 3.63) is 59.8 Å². The third-order valence-electron chi connectivity index (χ3n) is 4.79. The molecule has 7 nitrogen and oxygen atoms in total. The largest absolute Gasteiger partial charge is 0.497 e. The number of hydrogen-bond donors (Lipinski definition) is 2. The number of nitrogens with zero attached hydrogens (tertiary/aromatic N) is 1. The van der Waals surface area contributed by atoms with Crippen LogP contribution < -0.4 is 20.1 Å². The second-order valence-electron chi connectivity index (χ2n) is 6.64. The molecular formula is C22H25N3O4. The van der Waals surface area contributed by atoms with Gasteiger partial charge in [-0.1, -0.05) is 12.1 Å². The first-order valence-corrected chi connectivity index (χ1v) is 9.33. The zero-order chi connectivity index (χ0) is 20.8. The first-order valence-electron chi connectivity index (χ1n) is 9.33. The van der Waals surface area contributed by atoms with Gasteiger partial charge in [-0.15, -0.1) is 0 Å². The van der Waals surface area contributed by atoms with Gasteiger partial charge in [0, 0.05) is 24.5 Å². The van der Waals surface area contributed by atoms with E-state index in [-0.39, 0.29) is 18.4 Å². The van der Waals surface area contributed by atoms with Gasteiger partial charge in [-0.05, 0) is 48.4 Å². The fourth-order valence-corrected chi connectivity index (χ4v) is 3.12. The van der Waals surface area contributed by atoms with Crippen molar-refractivity contribution < 1.29 is 19.1 Å². The van der Waals surface area contributed by atoms with Gasteiger partial charge >= 0.3 is 0 Å². The minimum atomic E-state index is -0.298. The lowest BCUT2D eigenvalue weighted by atomic mass is 10.1. The second kappa shape index (κ2) is 9.14. The van der Waals surface area contributed by atoms with Gasteiger partial charge < -0.3 is 24.7 Å². The predicted octanol–water partition coefficient (Wildman–Crippen LogP) is 2.28. The summed E-state index contributed by atoms with van der Waals surface area (Å²) in [4.78, 5) is 24.5. The molecule has 0 bridgehead atoms. The van der Waals surface area contributed by atoms with E-state index in [1.54, 1.807) is 24.9 Å². The number of carbonyl (C=O) groups excluding carboxylic acids is 2. The van der Waals surface area contributed by atoms with Crippen LogP contribution in [0, 0.1) is 0 Å². The lowest BCUT2D eigenvalue weighted by Crippen LogP contribution is -2.38. The normalized spacial score (nSPS) is 10.6. The average molecular weight is 395 g/mol. The highest BCUT2D eigenvalue weighted by Gasteiger charge is 2.14. The summed E-state index contributed by atoms with van der Waals surface area (Å²) < 4.78 is 12.1. The molecule has 152 valence electrons. The number of methoxy groups -OCH3 is 2. The van der Waals surface area contributed by atoms with E-state index in [1.165, 1.54) is 0 Å². The van der Waals surface area contributed by atoms with Crippen molar-refractivity contribution in [2.24, 2.45) is 7.05 Å². The molecule has 2 amide bonds. The van der Waals surface area contributed by atoms with Crippen LogP contribution in [0.4, 0.5) is 0 Å². The summed E-state index contributed by atoms with van der Waals surface area (Å²) in [6.45, 7) is 0.418. The molecule has 0 spiro atoms. The number of hydrogen-bond acceptors (Lipinski definition) is 4. The molecule has 0 fully saturated rings. The Morgan fingerprint density at radius 2 is 1.62 bits per heavy atom. The van der Waals surface area contributed by atoms with Gasteiger partial charge in [0.25, 0.3) is 5.91 Å². The lowest BCUT2D eigenvalue weighted by Gasteiger charge is -2.08. The highest BCUT2D eigenvalue weighted by atomic mass is 16.5. The summed E-state index contributed by atoms with van der Waals surface area (Å²) in [7, 11) is 5.04. The summed E-state index contributed by atoms with van der Waals surface area (Å²) in [5.74, 6) is 0.999. The van der Waals surface area contributed by atoms with Crippen molar-refractivity contribution >= 4 is 22.7 Å². The van der Waals surface area contributed by atoms with Crippen molar-refractivity contribution in [3.63, 3.8) is 0 Å². The average Bonchev–Trinajstić information content (AvgIpc) is 3.08. The van der Waals surface area contributed by atoms with Gasteiger partial charge in [0.2, 0.25) is 5.91 Å². The van der Waals surface area contributed by atoms with Gasteiger partial charge in [0.05, 0.1) is 20.8 Å². The number of rotatable bonds is 8. The fraction of sp³-hybridized carbons (Fsp3) is 0.273. The maximum absolute atomic E-state index is 12.5. The summed E-state index contributed by atoms with van der Waals surface area (Å²) in [6.07, 6.45) is 0.703. The van der Waals surface area contributed by atoms with Crippen LogP contribution in [0.25, 0.3) is 10.9 Å². The Morgan fingerprint density at radius 3 is 2.31 bits per heavy atom. The smallest absolute Gasteiger partial charge is 0.268 e. The van der Waals surface area contributed by atoms with Crippen LogP contribution >= 0.6 is 0 Å². The van der Waals surface area contributed by atoms with Crippen molar-refractivity contribution in [3.8, 4) is 11.5 Å². The van der Waals surface area contributed by atoms with Crippen molar-refractivity contribution in [2.45, 2.75) is 6.42 Å². The number of carbonyl (C=O) groups is 2. The molecule has 0 atom stereocenters. The number of amides is 2. The van der Waals surface area contributed by atoms with Gasteiger partial charge in [-0.2, -0.15) is 0 Å². The zero-order valence-corrected chi connectivity index (χ0v) is 16.8. The first kappa shape index (κ1) is 20.3. The Morgan fingerprint density at radius 1 is 0.931 bits per heavy atom. The van der Waals surface area contributed by atoms with Crippen LogP contribution in [0.15, 0.2) is 48.5 Å². The maximum atomic E-state index is 12.5. The summed E-state index contributed by atoms with van der Waals surface area (Å²) in [5, 5.41) is 6.39. The fourth-order valence-electron chi connectivity index (χ4n) is 3.12. The molecule has 1 aromatic heterocycles. The Hall–Kier alpha value is -3.48. The van der Waals surface area contributed by atoms with Gasteiger partial charge in [0.1, 0.15) is 17.2 Å². The maximum Gasteiger partial charge on any atom is 0.268 e. The van der Waals surface area contributed by atoms with E-state index in [0.29, 0.717) is 18.7 Å². The molecule has 0 saturated carbocycles. The molecule has 0 radical (unpaired) electrons. The van der Waals surface area contributed by atoms with Crippen molar-refractivity contribution in [1.82, 2.24) is 15.2 Å². The van der Waals surface area contributed by atoms with Gasteiger partial charge in [0.15, 0.2) is 0 Å². The molecule has 2 aromatic carbocycles. The van der Waals surface area contributed by atoms with Crippen molar-refractivity contribution in [1.29, 1.82) is 0 Å². The molecular weight excluding hydrogens is 370 g/mol. The van der Waals surface area contributed by atoms with Crippen LogP contribution in [0.5, 0.6) is 11.5 Å². The standard InChI is InChI=1S/C22H25N3O4/c1-25-19-9-8-18(29-3)12-16(19)13-20(25)22(27)24-14-21(26)23-11-10-15-4-6-17(28-2)7-5-15/h4-9,12-13H,10-11,14H2,1-3H3,(H,23,26)(H,24,27). The van der Waals surface area contributed by atoms with Crippen LogP contribution in [-0.2, 0) is 18.3 Å². The second-order valence-corrected chi connectivity index (χ2v) is 6.64. The van der Waals surface area contributed by atoms with E-state index >= 15 is 0 Å². The summed E-state index contributed by atoms with van der Waals surface area (Å²) in [6, 6.07) is 15.1. The third-order valence-corrected chi connectivity index (χ3v) is 4.79. The Kier molecular flexibility index (Phi) is 6.39. The number of fused-ring (bicyclic) bond motifs is 1. The van der Waals surface area contributed by atoms with Crippen LogP contribution in [0.2, 0.25) is 0 Å². The quantitative estimate of drug-likeness (QED) is 0.613. The molecule has 3 aromatic rings.